The number of benzene rings is 1. The van der Waals surface area contributed by atoms with Gasteiger partial charge < -0.3 is 9.64 Å². The second-order valence-electron chi connectivity index (χ2n) is 8.00. The second kappa shape index (κ2) is 7.22. The van der Waals surface area contributed by atoms with E-state index in [0.717, 1.165) is 6.07 Å². The van der Waals surface area contributed by atoms with Gasteiger partial charge in [0.2, 0.25) is 0 Å². The van der Waals surface area contributed by atoms with Gasteiger partial charge in [-0.05, 0) is 53.2 Å². The fraction of sp³-hybridized carbons (Fsp3) is 0.588. The highest BCUT2D eigenvalue weighted by Gasteiger charge is 2.34. The van der Waals surface area contributed by atoms with Crippen molar-refractivity contribution in [1.29, 1.82) is 0 Å². The molecule has 0 spiro atoms. The maximum atomic E-state index is 12.8. The molecule has 146 valence electrons. The van der Waals surface area contributed by atoms with Crippen LogP contribution in [0.2, 0.25) is 0 Å². The van der Waals surface area contributed by atoms with E-state index >= 15 is 0 Å². The molecular formula is C17H26N2O6S. The molecule has 0 bridgehead atoms. The fourth-order valence-electron chi connectivity index (χ4n) is 2.05. The predicted molar refractivity (Wildman–Crippen MR) is 97.7 cm³/mol. The van der Waals surface area contributed by atoms with E-state index in [9.17, 15) is 23.3 Å². The zero-order valence-corrected chi connectivity index (χ0v) is 17.0. The van der Waals surface area contributed by atoms with E-state index in [1.54, 1.807) is 41.5 Å². The van der Waals surface area contributed by atoms with Crippen LogP contribution in [-0.4, -0.2) is 41.7 Å². The van der Waals surface area contributed by atoms with Crippen LogP contribution >= 0.6 is 0 Å². The molecule has 0 aromatic heterocycles. The summed E-state index contributed by atoms with van der Waals surface area (Å²) in [7, 11) is -2.31. The Kier molecular flexibility index (Phi) is 6.08. The number of amides is 1. The summed E-state index contributed by atoms with van der Waals surface area (Å²) in [5.74, 6) is 0. The molecule has 0 atom stereocenters. The largest absolute Gasteiger partial charge is 0.444 e. The molecule has 0 radical (unpaired) electrons. The van der Waals surface area contributed by atoms with E-state index in [-0.39, 0.29) is 22.7 Å². The SMILES string of the molecule is CN(Cc1cc([N+](=O)[O-])ccc1S(=O)(=O)C(C)(C)C)C(=O)OC(C)(C)C. The summed E-state index contributed by atoms with van der Waals surface area (Å²) in [5, 5.41) is 11.1. The lowest BCUT2D eigenvalue weighted by Crippen LogP contribution is -2.35. The number of nitro groups is 1. The van der Waals surface area contributed by atoms with Gasteiger partial charge in [0.15, 0.2) is 9.84 Å². The maximum absolute atomic E-state index is 12.8. The number of non-ortho nitro benzene ring substituents is 1. The first-order valence-electron chi connectivity index (χ1n) is 8.02. The number of nitro benzene ring substituents is 1. The molecule has 9 heteroatoms. The molecule has 0 aliphatic rings. The first kappa shape index (κ1) is 21.9. The zero-order valence-electron chi connectivity index (χ0n) is 16.2. The lowest BCUT2D eigenvalue weighted by atomic mass is 10.2. The number of sulfone groups is 1. The highest BCUT2D eigenvalue weighted by atomic mass is 32.2. The molecular weight excluding hydrogens is 360 g/mol. The topological polar surface area (TPSA) is 107 Å². The van der Waals surface area contributed by atoms with Gasteiger partial charge in [-0.25, -0.2) is 13.2 Å². The molecule has 8 nitrogen and oxygen atoms in total. The quantitative estimate of drug-likeness (QED) is 0.579. The first-order chi connectivity index (χ1) is 11.6. The van der Waals surface area contributed by atoms with Crippen LogP contribution in [0.3, 0.4) is 0 Å². The van der Waals surface area contributed by atoms with E-state index < -0.39 is 31.2 Å². The molecule has 1 rings (SSSR count). The van der Waals surface area contributed by atoms with Gasteiger partial charge in [0.1, 0.15) is 5.60 Å². The molecule has 0 fully saturated rings. The molecule has 0 unspecified atom stereocenters. The Labute approximate surface area is 154 Å². The van der Waals surface area contributed by atoms with Crippen LogP contribution in [-0.2, 0) is 21.1 Å². The average molecular weight is 386 g/mol. The van der Waals surface area contributed by atoms with E-state index in [4.69, 9.17) is 4.74 Å². The Bertz CT molecular complexity index is 804. The van der Waals surface area contributed by atoms with Crippen molar-refractivity contribution in [2.24, 2.45) is 0 Å². The molecule has 0 N–H and O–H groups in total. The number of rotatable bonds is 4. The van der Waals surface area contributed by atoms with Crippen molar-refractivity contribution in [3.8, 4) is 0 Å². The lowest BCUT2D eigenvalue weighted by molar-refractivity contribution is -0.385. The van der Waals surface area contributed by atoms with Crippen LogP contribution in [0.5, 0.6) is 0 Å². The number of hydrogen-bond acceptors (Lipinski definition) is 6. The van der Waals surface area contributed by atoms with Gasteiger partial charge in [-0.3, -0.25) is 10.1 Å². The third-order valence-electron chi connectivity index (χ3n) is 3.46. The summed E-state index contributed by atoms with van der Waals surface area (Å²) >= 11 is 0. The van der Waals surface area contributed by atoms with Gasteiger partial charge in [-0.15, -0.1) is 0 Å². The summed E-state index contributed by atoms with van der Waals surface area (Å²) < 4.78 is 29.8. The molecule has 1 aromatic carbocycles. The number of ether oxygens (including phenoxy) is 1. The third-order valence-corrected chi connectivity index (χ3v) is 6.05. The third kappa shape index (κ3) is 5.17. The van der Waals surface area contributed by atoms with Gasteiger partial charge in [-0.2, -0.15) is 0 Å². The van der Waals surface area contributed by atoms with Crippen molar-refractivity contribution < 1.29 is 22.9 Å². The summed E-state index contributed by atoms with van der Waals surface area (Å²) in [6.45, 7) is 9.63. The number of nitrogens with zero attached hydrogens (tertiary/aromatic N) is 2. The average Bonchev–Trinajstić information content (AvgIpc) is 2.43. The molecule has 1 amide bonds. The van der Waals surface area contributed by atoms with Gasteiger partial charge in [0.05, 0.1) is 21.1 Å². The minimum atomic E-state index is -3.76. The predicted octanol–water partition coefficient (Wildman–Crippen LogP) is 3.53. The molecule has 0 aliphatic heterocycles. The Morgan fingerprint density at radius 2 is 1.73 bits per heavy atom. The van der Waals surface area contributed by atoms with Crippen molar-refractivity contribution in [3.63, 3.8) is 0 Å². The van der Waals surface area contributed by atoms with Crippen molar-refractivity contribution in [2.45, 2.75) is 63.3 Å². The summed E-state index contributed by atoms with van der Waals surface area (Å²) in [5.41, 5.74) is -0.790. The second-order valence-corrected chi connectivity index (χ2v) is 10.7. The van der Waals surface area contributed by atoms with Gasteiger partial charge in [-0.1, -0.05) is 0 Å². The van der Waals surface area contributed by atoms with Crippen LogP contribution in [0.4, 0.5) is 10.5 Å². The monoisotopic (exact) mass is 386 g/mol. The zero-order chi connectivity index (χ0) is 20.5. The Hall–Kier alpha value is -2.16. The smallest absolute Gasteiger partial charge is 0.410 e. The summed E-state index contributed by atoms with van der Waals surface area (Å²) in [4.78, 5) is 23.8. The molecule has 0 saturated carbocycles. The highest BCUT2D eigenvalue weighted by Crippen LogP contribution is 2.30. The molecule has 26 heavy (non-hydrogen) atoms. The first-order valence-corrected chi connectivity index (χ1v) is 9.50. The Morgan fingerprint density at radius 3 is 2.15 bits per heavy atom. The van der Waals surface area contributed by atoms with Gasteiger partial charge in [0.25, 0.3) is 5.69 Å². The number of carbonyl (C=O) groups is 1. The van der Waals surface area contributed by atoms with Crippen LogP contribution in [0.25, 0.3) is 0 Å². The minimum absolute atomic E-state index is 0.0361. The normalized spacial score (nSPS) is 12.6. The van der Waals surface area contributed by atoms with Gasteiger partial charge >= 0.3 is 6.09 Å². The van der Waals surface area contributed by atoms with Crippen molar-refractivity contribution in [3.05, 3.63) is 33.9 Å². The Morgan fingerprint density at radius 1 is 1.19 bits per heavy atom. The molecule has 0 heterocycles. The van der Waals surface area contributed by atoms with Crippen LogP contribution in [0.15, 0.2) is 23.1 Å². The van der Waals surface area contributed by atoms with Crippen molar-refractivity contribution in [2.75, 3.05) is 7.05 Å². The summed E-state index contributed by atoms with van der Waals surface area (Å²) in [6, 6.07) is 3.55. The Balaban J connectivity index is 3.37. The van der Waals surface area contributed by atoms with Crippen molar-refractivity contribution >= 4 is 21.6 Å². The van der Waals surface area contributed by atoms with Gasteiger partial charge in [0, 0.05) is 19.2 Å². The minimum Gasteiger partial charge on any atom is -0.444 e. The highest BCUT2D eigenvalue weighted by molar-refractivity contribution is 7.92. The standard InChI is InChI=1S/C17H26N2O6S/c1-16(2,3)25-15(20)18(7)11-12-10-13(19(21)22)8-9-14(12)26(23,24)17(4,5)6/h8-10H,11H2,1-7H3. The molecule has 0 saturated heterocycles. The summed E-state index contributed by atoms with van der Waals surface area (Å²) in [6.07, 6.45) is -0.650. The maximum Gasteiger partial charge on any atom is 0.410 e. The number of carbonyl (C=O) groups excluding carboxylic acids is 1. The van der Waals surface area contributed by atoms with E-state index in [1.807, 2.05) is 0 Å². The fourth-order valence-corrected chi connectivity index (χ4v) is 3.43. The van der Waals surface area contributed by atoms with E-state index in [0.29, 0.717) is 0 Å². The molecule has 1 aromatic rings. The lowest BCUT2D eigenvalue weighted by Gasteiger charge is -2.26. The van der Waals surface area contributed by atoms with E-state index in [1.165, 1.54) is 24.1 Å². The van der Waals surface area contributed by atoms with Crippen LogP contribution in [0.1, 0.15) is 47.1 Å². The van der Waals surface area contributed by atoms with E-state index in [2.05, 4.69) is 0 Å². The van der Waals surface area contributed by atoms with Crippen LogP contribution < -0.4 is 0 Å². The number of hydrogen-bond donors (Lipinski definition) is 0. The van der Waals surface area contributed by atoms with Crippen molar-refractivity contribution in [1.82, 2.24) is 4.90 Å². The molecule has 0 aliphatic carbocycles. The van der Waals surface area contributed by atoms with Crippen LogP contribution in [0, 0.1) is 10.1 Å².